The van der Waals surface area contributed by atoms with Crippen molar-refractivity contribution in [1.82, 2.24) is 10.3 Å². The van der Waals surface area contributed by atoms with Gasteiger partial charge in [-0.05, 0) is 36.8 Å². The standard InChI is InChI=1S/C15H13N3O3S/c1-9-4-5-10-12(7-9)22-15(17-10)18-13(19)8-16-14(20)11-3-2-6-21-11/h2-7H,8H2,1H3,(H,16,20)(H,17,18,19). The van der Waals surface area contributed by atoms with Crippen molar-refractivity contribution in [2.45, 2.75) is 6.92 Å². The summed E-state index contributed by atoms with van der Waals surface area (Å²) < 4.78 is 5.95. The Labute approximate surface area is 130 Å². The highest BCUT2D eigenvalue weighted by atomic mass is 32.1. The number of nitrogens with zero attached hydrogens (tertiary/aromatic N) is 1. The molecule has 0 aliphatic carbocycles. The van der Waals surface area contributed by atoms with E-state index in [-0.39, 0.29) is 18.2 Å². The Balaban J connectivity index is 1.59. The Morgan fingerprint density at radius 2 is 2.18 bits per heavy atom. The number of nitrogens with one attached hydrogen (secondary N) is 2. The van der Waals surface area contributed by atoms with Crippen molar-refractivity contribution in [2.75, 3.05) is 11.9 Å². The van der Waals surface area contributed by atoms with Crippen molar-refractivity contribution in [3.8, 4) is 0 Å². The van der Waals surface area contributed by atoms with Gasteiger partial charge in [-0.15, -0.1) is 0 Å². The third-order valence-electron chi connectivity index (χ3n) is 2.94. The number of anilines is 1. The number of benzene rings is 1. The molecule has 2 aromatic heterocycles. The minimum Gasteiger partial charge on any atom is -0.459 e. The Kier molecular flexibility index (Phi) is 3.88. The van der Waals surface area contributed by atoms with E-state index in [9.17, 15) is 9.59 Å². The van der Waals surface area contributed by atoms with Gasteiger partial charge in [0.1, 0.15) is 0 Å². The quantitative estimate of drug-likeness (QED) is 0.775. The van der Waals surface area contributed by atoms with Crippen LogP contribution >= 0.6 is 11.3 Å². The second-order valence-electron chi connectivity index (χ2n) is 4.70. The predicted octanol–water partition coefficient (Wildman–Crippen LogP) is 2.57. The molecule has 7 heteroatoms. The van der Waals surface area contributed by atoms with Gasteiger partial charge in [-0.1, -0.05) is 17.4 Å². The normalized spacial score (nSPS) is 10.6. The lowest BCUT2D eigenvalue weighted by molar-refractivity contribution is -0.115. The summed E-state index contributed by atoms with van der Waals surface area (Å²) in [7, 11) is 0. The van der Waals surface area contributed by atoms with Crippen molar-refractivity contribution in [2.24, 2.45) is 0 Å². The fourth-order valence-corrected chi connectivity index (χ4v) is 2.88. The molecule has 0 spiro atoms. The van der Waals surface area contributed by atoms with Crippen molar-refractivity contribution < 1.29 is 14.0 Å². The van der Waals surface area contributed by atoms with Gasteiger partial charge in [-0.3, -0.25) is 9.59 Å². The first kappa shape index (κ1) is 14.3. The molecule has 0 aliphatic heterocycles. The summed E-state index contributed by atoms with van der Waals surface area (Å²) in [6.45, 7) is 1.86. The third kappa shape index (κ3) is 3.15. The number of furan rings is 1. The fraction of sp³-hybridized carbons (Fsp3) is 0.133. The maximum absolute atomic E-state index is 11.8. The second kappa shape index (κ2) is 5.98. The molecule has 0 atom stereocenters. The zero-order chi connectivity index (χ0) is 15.5. The Bertz CT molecular complexity index is 824. The first-order chi connectivity index (χ1) is 10.6. The molecule has 2 N–H and O–H groups in total. The van der Waals surface area contributed by atoms with E-state index in [1.54, 1.807) is 6.07 Å². The zero-order valence-electron chi connectivity index (χ0n) is 11.8. The molecule has 1 aromatic carbocycles. The lowest BCUT2D eigenvalue weighted by Gasteiger charge is -2.02. The van der Waals surface area contributed by atoms with Crippen molar-refractivity contribution in [1.29, 1.82) is 0 Å². The highest BCUT2D eigenvalue weighted by Crippen LogP contribution is 2.26. The van der Waals surface area contributed by atoms with Gasteiger partial charge < -0.3 is 15.1 Å². The van der Waals surface area contributed by atoms with Gasteiger partial charge in [-0.2, -0.15) is 0 Å². The number of carbonyl (C=O) groups excluding carboxylic acids is 2. The summed E-state index contributed by atoms with van der Waals surface area (Å²) in [6, 6.07) is 9.04. The SMILES string of the molecule is Cc1ccc2nc(NC(=O)CNC(=O)c3ccco3)sc2c1. The Hall–Kier alpha value is -2.67. The highest BCUT2D eigenvalue weighted by molar-refractivity contribution is 7.22. The number of aryl methyl sites for hydroxylation is 1. The summed E-state index contributed by atoms with van der Waals surface area (Å²) in [5.41, 5.74) is 1.98. The summed E-state index contributed by atoms with van der Waals surface area (Å²) in [6.07, 6.45) is 1.40. The van der Waals surface area contributed by atoms with Crippen molar-refractivity contribution in [3.63, 3.8) is 0 Å². The number of thiazole rings is 1. The molecule has 0 radical (unpaired) electrons. The molecule has 0 aliphatic rings. The minimum atomic E-state index is -0.430. The topological polar surface area (TPSA) is 84.2 Å². The van der Waals surface area contributed by atoms with Gasteiger partial charge in [-0.25, -0.2) is 4.98 Å². The molecular formula is C15H13N3O3S. The monoisotopic (exact) mass is 315 g/mol. The number of amides is 2. The van der Waals surface area contributed by atoms with Crippen molar-refractivity contribution in [3.05, 3.63) is 47.9 Å². The Morgan fingerprint density at radius 1 is 1.32 bits per heavy atom. The van der Waals surface area contributed by atoms with Crippen molar-refractivity contribution >= 4 is 38.5 Å². The van der Waals surface area contributed by atoms with Gasteiger partial charge in [0.25, 0.3) is 5.91 Å². The van der Waals surface area contributed by atoms with Crippen LogP contribution in [0.5, 0.6) is 0 Å². The van der Waals surface area contributed by atoms with Crippen LogP contribution in [0, 0.1) is 6.92 Å². The molecule has 2 heterocycles. The van der Waals surface area contributed by atoms with Gasteiger partial charge in [0.15, 0.2) is 10.9 Å². The van der Waals surface area contributed by atoms with Crippen LogP contribution in [0.2, 0.25) is 0 Å². The molecule has 2 amide bonds. The molecular weight excluding hydrogens is 302 g/mol. The molecule has 0 saturated heterocycles. The van der Waals surface area contributed by atoms with Crippen LogP contribution in [0.15, 0.2) is 41.0 Å². The zero-order valence-corrected chi connectivity index (χ0v) is 12.6. The maximum Gasteiger partial charge on any atom is 0.287 e. The van der Waals surface area contributed by atoms with E-state index in [1.807, 2.05) is 25.1 Å². The van der Waals surface area contributed by atoms with E-state index >= 15 is 0 Å². The summed E-state index contributed by atoms with van der Waals surface area (Å²) in [5.74, 6) is -0.598. The van der Waals surface area contributed by atoms with Crippen LogP contribution in [-0.4, -0.2) is 23.3 Å². The van der Waals surface area contributed by atoms with Gasteiger partial charge >= 0.3 is 0 Å². The summed E-state index contributed by atoms with van der Waals surface area (Å²) in [5, 5.41) is 5.67. The molecule has 112 valence electrons. The smallest absolute Gasteiger partial charge is 0.287 e. The molecule has 6 nitrogen and oxygen atoms in total. The van der Waals surface area contributed by atoms with Crippen LogP contribution in [-0.2, 0) is 4.79 Å². The number of hydrogen-bond acceptors (Lipinski definition) is 5. The summed E-state index contributed by atoms with van der Waals surface area (Å²) in [4.78, 5) is 27.8. The molecule has 0 saturated carbocycles. The lowest BCUT2D eigenvalue weighted by Crippen LogP contribution is -2.32. The number of hydrogen-bond donors (Lipinski definition) is 2. The molecule has 3 rings (SSSR count). The van der Waals surface area contributed by atoms with E-state index in [2.05, 4.69) is 15.6 Å². The number of rotatable bonds is 4. The average Bonchev–Trinajstić information content (AvgIpc) is 3.13. The molecule has 22 heavy (non-hydrogen) atoms. The molecule has 3 aromatic rings. The molecule has 0 unspecified atom stereocenters. The van der Waals surface area contributed by atoms with Crippen LogP contribution in [0.3, 0.4) is 0 Å². The predicted molar refractivity (Wildman–Crippen MR) is 84.0 cm³/mol. The average molecular weight is 315 g/mol. The van der Waals surface area contributed by atoms with Crippen LogP contribution < -0.4 is 10.6 Å². The Morgan fingerprint density at radius 3 is 2.95 bits per heavy atom. The number of aromatic nitrogens is 1. The van der Waals surface area contributed by atoms with E-state index in [4.69, 9.17) is 4.42 Å². The van der Waals surface area contributed by atoms with E-state index < -0.39 is 5.91 Å². The van der Waals surface area contributed by atoms with Crippen LogP contribution in [0.25, 0.3) is 10.2 Å². The molecule has 0 fully saturated rings. The first-order valence-corrected chi connectivity index (χ1v) is 7.42. The fourth-order valence-electron chi connectivity index (χ4n) is 1.90. The largest absolute Gasteiger partial charge is 0.459 e. The maximum atomic E-state index is 11.8. The van der Waals surface area contributed by atoms with Gasteiger partial charge in [0, 0.05) is 0 Å². The number of fused-ring (bicyclic) bond motifs is 1. The van der Waals surface area contributed by atoms with E-state index in [1.165, 1.54) is 23.7 Å². The lowest BCUT2D eigenvalue weighted by atomic mass is 10.2. The van der Waals surface area contributed by atoms with Crippen LogP contribution in [0.4, 0.5) is 5.13 Å². The van der Waals surface area contributed by atoms with Gasteiger partial charge in [0.2, 0.25) is 5.91 Å². The third-order valence-corrected chi connectivity index (χ3v) is 3.88. The van der Waals surface area contributed by atoms with E-state index in [0.717, 1.165) is 15.8 Å². The highest BCUT2D eigenvalue weighted by Gasteiger charge is 2.12. The first-order valence-electron chi connectivity index (χ1n) is 6.60. The van der Waals surface area contributed by atoms with Crippen LogP contribution in [0.1, 0.15) is 16.1 Å². The molecule has 0 bridgehead atoms. The number of carbonyl (C=O) groups is 2. The van der Waals surface area contributed by atoms with E-state index in [0.29, 0.717) is 5.13 Å². The minimum absolute atomic E-state index is 0.144. The van der Waals surface area contributed by atoms with Gasteiger partial charge in [0.05, 0.1) is 23.0 Å². The second-order valence-corrected chi connectivity index (χ2v) is 5.73. The summed E-state index contributed by atoms with van der Waals surface area (Å²) >= 11 is 1.40.